The van der Waals surface area contributed by atoms with Crippen LogP contribution in [0.15, 0.2) is 22.6 Å². The Kier molecular flexibility index (Phi) is 2.51. The fourth-order valence-electron chi connectivity index (χ4n) is 2.46. The Bertz CT molecular complexity index is 750. The molecule has 7 nitrogen and oxygen atoms in total. The van der Waals surface area contributed by atoms with Crippen molar-refractivity contribution in [3.63, 3.8) is 0 Å². The first-order valence-electron chi connectivity index (χ1n) is 6.96. The molecule has 1 N–H and O–H groups in total. The van der Waals surface area contributed by atoms with Gasteiger partial charge in [-0.15, -0.1) is 0 Å². The summed E-state index contributed by atoms with van der Waals surface area (Å²) in [6, 6.07) is 4.50. The van der Waals surface area contributed by atoms with Gasteiger partial charge in [0.05, 0.1) is 0 Å². The second kappa shape index (κ2) is 4.28. The Labute approximate surface area is 119 Å². The van der Waals surface area contributed by atoms with Crippen LogP contribution in [-0.4, -0.2) is 21.9 Å². The standard InChI is InChI=1S/C14H13N3O4/c18-13(9-6-11(9)17(19)20)15-8-3-4-12-10(5-8)16-14(21-12)7-1-2-7/h3-5,7,9,11H,1-2,6H2,(H,15,18)/t9-,11-/m0/s1. The summed E-state index contributed by atoms with van der Waals surface area (Å²) in [5.74, 6) is 0.365. The van der Waals surface area contributed by atoms with E-state index in [1.54, 1.807) is 18.2 Å². The summed E-state index contributed by atoms with van der Waals surface area (Å²) in [5, 5.41) is 13.3. The van der Waals surface area contributed by atoms with Gasteiger partial charge in [-0.3, -0.25) is 14.9 Å². The number of nitro groups is 1. The van der Waals surface area contributed by atoms with Crippen molar-refractivity contribution in [1.82, 2.24) is 4.98 Å². The summed E-state index contributed by atoms with van der Waals surface area (Å²) >= 11 is 0. The third-order valence-corrected chi connectivity index (χ3v) is 3.96. The van der Waals surface area contributed by atoms with Crippen LogP contribution in [-0.2, 0) is 4.79 Å². The SMILES string of the molecule is O=C(Nc1ccc2oc(C3CC3)nc2c1)[C@H]1C[C@@H]1[N+](=O)[O-]. The minimum atomic E-state index is -0.734. The number of fused-ring (bicyclic) bond motifs is 1. The molecule has 0 saturated heterocycles. The van der Waals surface area contributed by atoms with Crippen molar-refractivity contribution in [2.75, 3.05) is 5.32 Å². The number of aromatic nitrogens is 1. The first kappa shape index (κ1) is 12.3. The molecule has 0 unspecified atom stereocenters. The maximum absolute atomic E-state index is 11.9. The molecule has 2 aromatic rings. The zero-order valence-corrected chi connectivity index (χ0v) is 11.1. The lowest BCUT2D eigenvalue weighted by Crippen LogP contribution is -2.18. The van der Waals surface area contributed by atoms with Gasteiger partial charge >= 0.3 is 0 Å². The molecule has 4 rings (SSSR count). The summed E-state index contributed by atoms with van der Waals surface area (Å²) in [7, 11) is 0. The minimum absolute atomic E-state index is 0.304. The number of anilines is 1. The Balaban J connectivity index is 1.51. The molecule has 7 heteroatoms. The molecule has 1 aromatic carbocycles. The van der Waals surface area contributed by atoms with E-state index in [-0.39, 0.29) is 5.91 Å². The molecular formula is C14H13N3O4. The van der Waals surface area contributed by atoms with Crippen LogP contribution in [0.2, 0.25) is 0 Å². The van der Waals surface area contributed by atoms with Crippen LogP contribution in [0.4, 0.5) is 5.69 Å². The van der Waals surface area contributed by atoms with Crippen molar-refractivity contribution in [1.29, 1.82) is 0 Å². The van der Waals surface area contributed by atoms with E-state index in [1.807, 2.05) is 0 Å². The topological polar surface area (TPSA) is 98.3 Å². The highest BCUT2D eigenvalue weighted by Gasteiger charge is 2.53. The van der Waals surface area contributed by atoms with Gasteiger partial charge in [-0.1, -0.05) is 0 Å². The number of hydrogen-bond acceptors (Lipinski definition) is 5. The van der Waals surface area contributed by atoms with Crippen LogP contribution in [0, 0.1) is 16.0 Å². The lowest BCUT2D eigenvalue weighted by atomic mass is 10.2. The largest absolute Gasteiger partial charge is 0.440 e. The van der Waals surface area contributed by atoms with E-state index in [4.69, 9.17) is 4.42 Å². The Hall–Kier alpha value is -2.44. The summed E-state index contributed by atoms with van der Waals surface area (Å²) in [5.41, 5.74) is 2.00. The Morgan fingerprint density at radius 3 is 2.90 bits per heavy atom. The van der Waals surface area contributed by atoms with Gasteiger partial charge in [0.25, 0.3) is 0 Å². The molecule has 0 spiro atoms. The zero-order chi connectivity index (χ0) is 14.6. The molecule has 0 bridgehead atoms. The second-order valence-electron chi connectivity index (χ2n) is 5.69. The van der Waals surface area contributed by atoms with Crippen LogP contribution in [0.3, 0.4) is 0 Å². The Morgan fingerprint density at radius 2 is 2.24 bits per heavy atom. The third-order valence-electron chi connectivity index (χ3n) is 3.96. The normalized spacial score (nSPS) is 24.0. The van der Waals surface area contributed by atoms with E-state index >= 15 is 0 Å². The fraction of sp³-hybridized carbons (Fsp3) is 0.429. The van der Waals surface area contributed by atoms with E-state index in [1.165, 1.54) is 0 Å². The van der Waals surface area contributed by atoms with E-state index in [2.05, 4.69) is 10.3 Å². The number of oxazole rings is 1. The van der Waals surface area contributed by atoms with Gasteiger partial charge < -0.3 is 9.73 Å². The Morgan fingerprint density at radius 1 is 1.43 bits per heavy atom. The molecule has 0 aliphatic heterocycles. The van der Waals surface area contributed by atoms with Crippen molar-refractivity contribution in [3.8, 4) is 0 Å². The highest BCUT2D eigenvalue weighted by Crippen LogP contribution is 2.41. The fourth-order valence-corrected chi connectivity index (χ4v) is 2.46. The molecule has 21 heavy (non-hydrogen) atoms. The van der Waals surface area contributed by atoms with E-state index in [9.17, 15) is 14.9 Å². The van der Waals surface area contributed by atoms with Gasteiger partial charge in [0.15, 0.2) is 11.5 Å². The number of nitrogens with one attached hydrogen (secondary N) is 1. The number of carbonyl (C=O) groups is 1. The number of carbonyl (C=O) groups excluding carboxylic acids is 1. The van der Waals surface area contributed by atoms with E-state index in [0.717, 1.165) is 18.7 Å². The average molecular weight is 287 g/mol. The van der Waals surface area contributed by atoms with Crippen molar-refractivity contribution >= 4 is 22.7 Å². The monoisotopic (exact) mass is 287 g/mol. The van der Waals surface area contributed by atoms with Crippen LogP contribution in [0.25, 0.3) is 11.1 Å². The minimum Gasteiger partial charge on any atom is -0.440 e. The summed E-state index contributed by atoms with van der Waals surface area (Å²) in [6.45, 7) is 0. The first-order valence-corrected chi connectivity index (χ1v) is 6.96. The summed E-state index contributed by atoms with van der Waals surface area (Å²) < 4.78 is 5.65. The smallest absolute Gasteiger partial charge is 0.234 e. The van der Waals surface area contributed by atoms with Crippen LogP contribution in [0.5, 0.6) is 0 Å². The van der Waals surface area contributed by atoms with Crippen LogP contribution >= 0.6 is 0 Å². The third kappa shape index (κ3) is 2.24. The van der Waals surface area contributed by atoms with Crippen molar-refractivity contribution in [2.45, 2.75) is 31.2 Å². The molecule has 2 saturated carbocycles. The van der Waals surface area contributed by atoms with Gasteiger partial charge in [0.2, 0.25) is 11.9 Å². The van der Waals surface area contributed by atoms with Gasteiger partial charge in [0.1, 0.15) is 11.4 Å². The molecule has 1 heterocycles. The van der Waals surface area contributed by atoms with Crippen molar-refractivity contribution in [2.24, 2.45) is 5.92 Å². The van der Waals surface area contributed by atoms with Gasteiger partial charge in [-0.05, 0) is 31.0 Å². The number of benzene rings is 1. The van der Waals surface area contributed by atoms with E-state index in [0.29, 0.717) is 29.1 Å². The molecule has 2 aliphatic carbocycles. The molecule has 1 aromatic heterocycles. The number of hydrogen-bond donors (Lipinski definition) is 1. The van der Waals surface area contributed by atoms with Crippen LogP contribution in [0.1, 0.15) is 31.1 Å². The van der Waals surface area contributed by atoms with Crippen molar-refractivity contribution in [3.05, 3.63) is 34.2 Å². The molecule has 0 radical (unpaired) electrons. The number of amides is 1. The van der Waals surface area contributed by atoms with E-state index < -0.39 is 16.9 Å². The average Bonchev–Trinajstić information content (AvgIpc) is 3.33. The molecule has 108 valence electrons. The number of nitrogens with zero attached hydrogens (tertiary/aromatic N) is 2. The molecule has 1 amide bonds. The maximum Gasteiger partial charge on any atom is 0.234 e. The highest BCUT2D eigenvalue weighted by atomic mass is 16.6. The van der Waals surface area contributed by atoms with Gasteiger partial charge in [-0.2, -0.15) is 0 Å². The molecule has 2 aliphatic rings. The maximum atomic E-state index is 11.9. The molecular weight excluding hydrogens is 274 g/mol. The predicted molar refractivity (Wildman–Crippen MR) is 73.5 cm³/mol. The lowest BCUT2D eigenvalue weighted by Gasteiger charge is -2.02. The van der Waals surface area contributed by atoms with Gasteiger partial charge in [0, 0.05) is 22.9 Å². The first-order chi connectivity index (χ1) is 10.1. The predicted octanol–water partition coefficient (Wildman–Crippen LogP) is 2.31. The van der Waals surface area contributed by atoms with Gasteiger partial charge in [-0.25, -0.2) is 4.98 Å². The van der Waals surface area contributed by atoms with Crippen molar-refractivity contribution < 1.29 is 14.1 Å². The summed E-state index contributed by atoms with van der Waals surface area (Å²) in [6.07, 6.45) is 2.54. The quantitative estimate of drug-likeness (QED) is 0.687. The van der Waals surface area contributed by atoms with Crippen LogP contribution < -0.4 is 5.32 Å². The highest BCUT2D eigenvalue weighted by molar-refractivity contribution is 5.96. The molecule has 2 atom stereocenters. The number of rotatable bonds is 4. The lowest BCUT2D eigenvalue weighted by molar-refractivity contribution is -0.497. The molecule has 2 fully saturated rings. The second-order valence-corrected chi connectivity index (χ2v) is 5.69. The summed E-state index contributed by atoms with van der Waals surface area (Å²) in [4.78, 5) is 26.5. The zero-order valence-electron chi connectivity index (χ0n) is 11.1.